The fourth-order valence-electron chi connectivity index (χ4n) is 3.00. The predicted molar refractivity (Wildman–Crippen MR) is 105 cm³/mol. The van der Waals surface area contributed by atoms with Crippen LogP contribution in [0, 0.1) is 11.6 Å². The number of fused-ring (bicyclic) bond motifs is 3. The molecule has 2 heterocycles. The van der Waals surface area contributed by atoms with Gasteiger partial charge in [0.1, 0.15) is 17.5 Å². The largest absolute Gasteiger partial charge is 0.323 e. The average molecular weight is 457 g/mol. The standard InChI is InChI=1S/C18H10BrCl2F2N3/c19-9-6-24-14-7-25-18(15-11(22)2-1-3-12(15)23)16-13(26(14)8-9)5-4-10(20)17(16)21/h1-6H,7-8H2. The molecule has 0 spiro atoms. The number of anilines is 1. The summed E-state index contributed by atoms with van der Waals surface area (Å²) < 4.78 is 29.8. The van der Waals surface area contributed by atoms with E-state index in [0.717, 1.165) is 4.48 Å². The first-order valence-corrected chi connectivity index (χ1v) is 9.18. The van der Waals surface area contributed by atoms with Crippen LogP contribution < -0.4 is 4.90 Å². The van der Waals surface area contributed by atoms with Crippen LogP contribution in [0.5, 0.6) is 0 Å². The maximum atomic E-state index is 14.5. The minimum atomic E-state index is -0.716. The minimum Gasteiger partial charge on any atom is -0.323 e. The summed E-state index contributed by atoms with van der Waals surface area (Å²) in [5, 5.41) is 0.472. The molecule has 3 nitrogen and oxygen atoms in total. The smallest absolute Gasteiger partial charge is 0.135 e. The number of nitrogens with zero attached hydrogens (tertiary/aromatic N) is 3. The van der Waals surface area contributed by atoms with E-state index in [1.165, 1.54) is 18.2 Å². The van der Waals surface area contributed by atoms with Crippen LogP contribution in [0.25, 0.3) is 0 Å². The summed E-state index contributed by atoms with van der Waals surface area (Å²) in [5.74, 6) is -0.779. The Labute approximate surface area is 166 Å². The highest BCUT2D eigenvalue weighted by atomic mass is 79.9. The zero-order valence-electron chi connectivity index (χ0n) is 13.1. The molecule has 4 rings (SSSR count). The van der Waals surface area contributed by atoms with E-state index in [0.29, 0.717) is 23.6 Å². The number of rotatable bonds is 1. The molecule has 2 aliphatic rings. The van der Waals surface area contributed by atoms with Crippen LogP contribution >= 0.6 is 39.1 Å². The first-order valence-electron chi connectivity index (χ1n) is 7.63. The number of hydrogen-bond donors (Lipinski definition) is 0. The van der Waals surface area contributed by atoms with E-state index < -0.39 is 11.6 Å². The second kappa shape index (κ2) is 6.76. The molecule has 26 heavy (non-hydrogen) atoms. The lowest BCUT2D eigenvalue weighted by molar-refractivity contribution is 0.579. The number of amidine groups is 1. The Bertz CT molecular complexity index is 997. The summed E-state index contributed by atoms with van der Waals surface area (Å²) in [6.45, 7) is 0.662. The molecule has 0 N–H and O–H groups in total. The zero-order chi connectivity index (χ0) is 18.4. The van der Waals surface area contributed by atoms with E-state index >= 15 is 0 Å². The summed E-state index contributed by atoms with van der Waals surface area (Å²) in [6.07, 6.45) is 1.69. The molecule has 0 aliphatic carbocycles. The van der Waals surface area contributed by atoms with E-state index in [9.17, 15) is 8.78 Å². The molecule has 0 bridgehead atoms. The Morgan fingerprint density at radius 3 is 2.50 bits per heavy atom. The van der Waals surface area contributed by atoms with Gasteiger partial charge in [-0.15, -0.1) is 0 Å². The third kappa shape index (κ3) is 2.86. The molecule has 2 aromatic carbocycles. The van der Waals surface area contributed by atoms with Gasteiger partial charge < -0.3 is 4.90 Å². The summed E-state index contributed by atoms with van der Waals surface area (Å²) in [6, 6.07) is 7.08. The monoisotopic (exact) mass is 455 g/mol. The first-order chi connectivity index (χ1) is 12.5. The maximum Gasteiger partial charge on any atom is 0.135 e. The Balaban J connectivity index is 2.02. The number of hydrogen-bond acceptors (Lipinski definition) is 3. The van der Waals surface area contributed by atoms with Crippen molar-refractivity contribution >= 4 is 56.4 Å². The van der Waals surface area contributed by atoms with E-state index in [-0.39, 0.29) is 27.9 Å². The lowest BCUT2D eigenvalue weighted by atomic mass is 9.99. The molecule has 0 fully saturated rings. The molecule has 0 amide bonds. The number of aliphatic imine (C=N–C) groups is 2. The topological polar surface area (TPSA) is 28.0 Å². The average Bonchev–Trinajstić information content (AvgIpc) is 2.76. The molecular weight excluding hydrogens is 447 g/mol. The number of benzene rings is 2. The van der Waals surface area contributed by atoms with Gasteiger partial charge in [0, 0.05) is 16.2 Å². The molecule has 0 saturated carbocycles. The summed E-state index contributed by atoms with van der Waals surface area (Å²) in [5.41, 5.74) is 0.916. The number of halogens is 5. The maximum absolute atomic E-state index is 14.5. The molecule has 0 atom stereocenters. The van der Waals surface area contributed by atoms with Gasteiger partial charge in [-0.1, -0.05) is 45.2 Å². The van der Waals surface area contributed by atoms with Gasteiger partial charge in [-0.25, -0.2) is 13.8 Å². The fourth-order valence-corrected chi connectivity index (χ4v) is 3.76. The highest BCUT2D eigenvalue weighted by molar-refractivity contribution is 9.11. The molecular formula is C18H10BrCl2F2N3. The predicted octanol–water partition coefficient (Wildman–Crippen LogP) is 5.58. The van der Waals surface area contributed by atoms with Gasteiger partial charge >= 0.3 is 0 Å². The summed E-state index contributed by atoms with van der Waals surface area (Å²) in [4.78, 5) is 10.7. The second-order valence-electron chi connectivity index (χ2n) is 5.72. The zero-order valence-corrected chi connectivity index (χ0v) is 16.2. The second-order valence-corrected chi connectivity index (χ2v) is 7.53. The highest BCUT2D eigenvalue weighted by Crippen LogP contribution is 2.39. The van der Waals surface area contributed by atoms with Crippen molar-refractivity contribution < 1.29 is 8.78 Å². The molecule has 132 valence electrons. The van der Waals surface area contributed by atoms with Crippen molar-refractivity contribution in [3.05, 3.63) is 73.8 Å². The van der Waals surface area contributed by atoms with Crippen molar-refractivity contribution in [1.29, 1.82) is 0 Å². The Morgan fingerprint density at radius 1 is 1.04 bits per heavy atom. The van der Waals surface area contributed by atoms with Crippen LogP contribution in [-0.4, -0.2) is 24.6 Å². The summed E-state index contributed by atoms with van der Waals surface area (Å²) >= 11 is 16.1. The van der Waals surface area contributed by atoms with Crippen molar-refractivity contribution in [2.24, 2.45) is 9.98 Å². The van der Waals surface area contributed by atoms with Crippen LogP contribution in [-0.2, 0) is 0 Å². The van der Waals surface area contributed by atoms with Crippen molar-refractivity contribution in [3.63, 3.8) is 0 Å². The van der Waals surface area contributed by atoms with E-state index in [4.69, 9.17) is 23.2 Å². The molecule has 2 aromatic rings. The van der Waals surface area contributed by atoms with Crippen LogP contribution in [0.4, 0.5) is 14.5 Å². The molecule has 0 unspecified atom stereocenters. The van der Waals surface area contributed by atoms with Gasteiger partial charge in [-0.2, -0.15) is 0 Å². The third-order valence-electron chi connectivity index (χ3n) is 4.15. The van der Waals surface area contributed by atoms with Gasteiger partial charge in [0.2, 0.25) is 0 Å². The van der Waals surface area contributed by atoms with Crippen molar-refractivity contribution in [2.75, 3.05) is 18.0 Å². The lowest BCUT2D eigenvalue weighted by Gasteiger charge is -2.28. The fraction of sp³-hybridized carbons (Fsp3) is 0.111. The lowest BCUT2D eigenvalue weighted by Crippen LogP contribution is -2.35. The third-order valence-corrected chi connectivity index (χ3v) is 5.41. The van der Waals surface area contributed by atoms with Gasteiger partial charge in [0.05, 0.1) is 40.1 Å². The van der Waals surface area contributed by atoms with E-state index in [2.05, 4.69) is 25.9 Å². The van der Waals surface area contributed by atoms with Gasteiger partial charge in [0.25, 0.3) is 0 Å². The normalized spacial score (nSPS) is 16.2. The Kier molecular flexibility index (Phi) is 4.59. The molecule has 0 saturated heterocycles. The minimum absolute atomic E-state index is 0.122. The molecule has 0 aromatic heterocycles. The first kappa shape index (κ1) is 17.6. The molecule has 0 radical (unpaired) electrons. The summed E-state index contributed by atoms with van der Waals surface area (Å²) in [7, 11) is 0. The van der Waals surface area contributed by atoms with Crippen LogP contribution in [0.2, 0.25) is 10.0 Å². The van der Waals surface area contributed by atoms with Gasteiger partial charge in [-0.05, 0) is 24.3 Å². The van der Waals surface area contributed by atoms with Crippen molar-refractivity contribution in [1.82, 2.24) is 0 Å². The van der Waals surface area contributed by atoms with Gasteiger partial charge in [-0.3, -0.25) is 4.99 Å². The quantitative estimate of drug-likeness (QED) is 0.550. The van der Waals surface area contributed by atoms with Crippen LogP contribution in [0.3, 0.4) is 0 Å². The SMILES string of the molecule is Fc1cccc(F)c1C1=NCC2=NC=C(Br)CN2c2ccc(Cl)c(Cl)c21. The van der Waals surface area contributed by atoms with Crippen LogP contribution in [0.15, 0.2) is 51.0 Å². The highest BCUT2D eigenvalue weighted by Gasteiger charge is 2.30. The van der Waals surface area contributed by atoms with Gasteiger partial charge in [0.15, 0.2) is 0 Å². The molecule has 8 heteroatoms. The van der Waals surface area contributed by atoms with E-state index in [1.54, 1.807) is 18.3 Å². The van der Waals surface area contributed by atoms with E-state index in [1.807, 2.05) is 4.90 Å². The molecule has 2 aliphatic heterocycles. The van der Waals surface area contributed by atoms with Crippen molar-refractivity contribution in [2.45, 2.75) is 0 Å². The Hall–Kier alpha value is -1.76. The van der Waals surface area contributed by atoms with Crippen LogP contribution in [0.1, 0.15) is 11.1 Å². The Morgan fingerprint density at radius 2 is 1.77 bits per heavy atom. The van der Waals surface area contributed by atoms with Crippen molar-refractivity contribution in [3.8, 4) is 0 Å².